The van der Waals surface area contributed by atoms with Crippen molar-refractivity contribution in [3.05, 3.63) is 322 Å². The zero-order chi connectivity index (χ0) is 63.1. The van der Waals surface area contributed by atoms with Crippen molar-refractivity contribution < 1.29 is 28.4 Å². The lowest BCUT2D eigenvalue weighted by atomic mass is 9.30. The highest BCUT2D eigenvalue weighted by molar-refractivity contribution is 7.99. The summed E-state index contributed by atoms with van der Waals surface area (Å²) in [4.78, 5) is 2.16. The van der Waals surface area contributed by atoms with E-state index in [0.29, 0.717) is 0 Å². The van der Waals surface area contributed by atoms with Gasteiger partial charge in [-0.15, -0.1) is 0 Å². The van der Waals surface area contributed by atoms with Crippen LogP contribution in [0.4, 0.5) is 0 Å². The largest absolute Gasteiger partial charge is 0.458 e. The van der Waals surface area contributed by atoms with Gasteiger partial charge in [-0.3, -0.25) is 0 Å². The zero-order valence-electron chi connectivity index (χ0n) is 51.7. The van der Waals surface area contributed by atoms with Gasteiger partial charge >= 0.3 is 0 Å². The maximum Gasteiger partial charge on any atom is 0.260 e. The summed E-state index contributed by atoms with van der Waals surface area (Å²) in [7, 11) is -6.25. The second kappa shape index (κ2) is 21.7. The highest BCUT2D eigenvalue weighted by Gasteiger charge is 2.51. The Morgan fingerprint density at radius 1 is 0.188 bits per heavy atom. The van der Waals surface area contributed by atoms with Gasteiger partial charge in [0, 0.05) is 38.3 Å². The molecule has 0 amide bonds. The maximum atomic E-state index is 7.69. The third-order valence-electron chi connectivity index (χ3n) is 20.5. The third kappa shape index (κ3) is 8.29. The predicted molar refractivity (Wildman–Crippen MR) is 397 cm³/mol. The van der Waals surface area contributed by atoms with E-state index in [4.69, 9.17) is 28.4 Å². The average molecular weight is 1280 g/mol. The van der Waals surface area contributed by atoms with Crippen molar-refractivity contribution in [2.75, 3.05) is 0 Å². The highest BCUT2D eigenvalue weighted by atomic mass is 32.2. The Hall–Kier alpha value is -11.1. The summed E-state index contributed by atoms with van der Waals surface area (Å²) in [6, 6.07) is 117. The van der Waals surface area contributed by atoms with Crippen LogP contribution in [0.2, 0.25) is 0 Å². The molecule has 0 atom stereocenters. The van der Waals surface area contributed by atoms with Crippen molar-refractivity contribution in [3.8, 4) is 69.0 Å². The molecule has 6 heterocycles. The van der Waals surface area contributed by atoms with Crippen LogP contribution in [0.3, 0.4) is 0 Å². The average Bonchev–Trinajstić information content (AvgIpc) is 0.705. The molecule has 0 saturated carbocycles. The summed E-state index contributed by atoms with van der Waals surface area (Å²) in [6.07, 6.45) is 0. The molecule has 0 bridgehead atoms. The summed E-state index contributed by atoms with van der Waals surface area (Å²) in [5.74, 6) is 9.17. The monoisotopic (exact) mass is 1280 g/mol. The molecule has 0 spiro atoms. The van der Waals surface area contributed by atoms with E-state index in [0.717, 1.165) is 138 Å². The van der Waals surface area contributed by atoms with Gasteiger partial charge < -0.3 is 28.4 Å². The van der Waals surface area contributed by atoms with Crippen LogP contribution in [0.15, 0.2) is 331 Å². The van der Waals surface area contributed by atoms with Gasteiger partial charge in [0.2, 0.25) is 0 Å². The molecule has 14 aromatic rings. The van der Waals surface area contributed by atoms with Gasteiger partial charge in [-0.1, -0.05) is 260 Å². The third-order valence-corrected chi connectivity index (χ3v) is 31.0. The molecule has 0 saturated heterocycles. The standard InChI is InChI=1S/C84H53B3O6SSi2/c1-8-26-54(27-9-1)94-55-44-76-82-77(45-55)90-72-52-74-68(50-66(72)85(82)64-40-22-24-42-70(64)88-76)87-69-51-67-73(53-75(69)93-81-49-63(48-80(92-74)84(81)87)96(59-34-16-5-17-35-59,60-36-18-6-19-37-60)61-38-20-7-21-39-61)91-79-47-62(46-78-83(79)86(67)65-41-23-25-43-71(65)89-78)95(56-28-10-2-11-29-56,57-30-12-3-13-31-57)58-32-14-4-15-33-58/h1-53H. The molecular weight excluding hydrogens is 1230 g/mol. The molecule has 6 aliphatic rings. The van der Waals surface area contributed by atoms with Crippen LogP contribution in [0.5, 0.6) is 69.0 Å². The van der Waals surface area contributed by atoms with Crippen molar-refractivity contribution in [3.63, 3.8) is 0 Å². The van der Waals surface area contributed by atoms with Crippen LogP contribution in [-0.4, -0.2) is 36.3 Å². The number of fused-ring (bicyclic) bond motifs is 12. The second-order valence-corrected chi connectivity index (χ2v) is 34.3. The predicted octanol–water partition coefficient (Wildman–Crippen LogP) is 8.78. The summed E-state index contributed by atoms with van der Waals surface area (Å²) in [6.45, 7) is -0.817. The maximum absolute atomic E-state index is 7.69. The van der Waals surface area contributed by atoms with E-state index in [-0.39, 0.29) is 20.1 Å². The van der Waals surface area contributed by atoms with Crippen molar-refractivity contribution in [1.82, 2.24) is 0 Å². The molecule has 6 nitrogen and oxygen atoms in total. The van der Waals surface area contributed by atoms with E-state index >= 15 is 0 Å². The summed E-state index contributed by atoms with van der Waals surface area (Å²) in [5, 5.41) is 9.82. The zero-order valence-corrected chi connectivity index (χ0v) is 54.5. The van der Waals surface area contributed by atoms with Crippen molar-refractivity contribution in [2.45, 2.75) is 9.79 Å². The lowest BCUT2D eigenvalue weighted by Crippen LogP contribution is -2.75. The van der Waals surface area contributed by atoms with Gasteiger partial charge in [0.05, 0.1) is 0 Å². The fourth-order valence-electron chi connectivity index (χ4n) is 16.6. The van der Waals surface area contributed by atoms with Crippen molar-refractivity contribution in [2.24, 2.45) is 0 Å². The molecule has 14 aromatic carbocycles. The Labute approximate surface area is 563 Å². The lowest BCUT2D eigenvalue weighted by Gasteiger charge is -2.40. The fraction of sp³-hybridized carbons (Fsp3) is 0. The number of hydrogen-bond acceptors (Lipinski definition) is 7. The fourth-order valence-corrected chi connectivity index (χ4v) is 27.0. The number of hydrogen-bond donors (Lipinski definition) is 0. The molecule has 20 rings (SSSR count). The van der Waals surface area contributed by atoms with Gasteiger partial charge in [0.25, 0.3) is 20.1 Å². The Morgan fingerprint density at radius 3 is 0.750 bits per heavy atom. The van der Waals surface area contributed by atoms with Gasteiger partial charge in [-0.05, 0) is 135 Å². The topological polar surface area (TPSA) is 55.4 Å². The van der Waals surface area contributed by atoms with Crippen LogP contribution >= 0.6 is 11.8 Å². The van der Waals surface area contributed by atoms with Crippen molar-refractivity contribution in [1.29, 1.82) is 0 Å². The Morgan fingerprint density at radius 2 is 0.438 bits per heavy atom. The first-order chi connectivity index (χ1) is 47.5. The van der Waals surface area contributed by atoms with E-state index < -0.39 is 16.1 Å². The lowest BCUT2D eigenvalue weighted by molar-refractivity contribution is 0.448. The van der Waals surface area contributed by atoms with E-state index in [1.165, 1.54) is 31.1 Å². The molecule has 0 aromatic heterocycles. The molecule has 0 unspecified atom stereocenters. The molecular formula is C84H53B3O6SSi2. The van der Waals surface area contributed by atoms with Gasteiger partial charge in [-0.25, -0.2) is 0 Å². The number of rotatable bonds is 10. The minimum Gasteiger partial charge on any atom is -0.458 e. The summed E-state index contributed by atoms with van der Waals surface area (Å²) in [5.41, 5.74) is 9.25. The number of para-hydroxylation sites is 2. The Bertz CT molecular complexity index is 5290. The van der Waals surface area contributed by atoms with E-state index in [9.17, 15) is 0 Å². The molecule has 0 fully saturated rings. The van der Waals surface area contributed by atoms with Crippen LogP contribution in [-0.2, 0) is 0 Å². The number of benzene rings is 14. The quantitative estimate of drug-likeness (QED) is 0.100. The first-order valence-corrected chi connectivity index (χ1v) is 37.6. The second-order valence-electron chi connectivity index (χ2n) is 25.6. The molecule has 0 aliphatic carbocycles. The first kappa shape index (κ1) is 55.3. The molecule has 96 heavy (non-hydrogen) atoms. The summed E-state index contributed by atoms with van der Waals surface area (Å²) < 4.78 is 44.3. The molecule has 0 N–H and O–H groups in total. The Kier molecular flexibility index (Phi) is 12.5. The van der Waals surface area contributed by atoms with E-state index in [1.807, 2.05) is 6.07 Å². The van der Waals surface area contributed by atoms with Crippen molar-refractivity contribution >= 4 is 139 Å². The molecule has 0 radical (unpaired) electrons. The van der Waals surface area contributed by atoms with Crippen LogP contribution < -0.4 is 119 Å². The van der Waals surface area contributed by atoms with E-state index in [1.54, 1.807) is 11.8 Å². The van der Waals surface area contributed by atoms with Crippen LogP contribution in [0.1, 0.15) is 0 Å². The molecule has 448 valence electrons. The summed E-state index contributed by atoms with van der Waals surface area (Å²) >= 11 is 1.70. The van der Waals surface area contributed by atoms with Gasteiger partial charge in [0.1, 0.15) is 69.0 Å². The van der Waals surface area contributed by atoms with Crippen LogP contribution in [0.25, 0.3) is 0 Å². The van der Waals surface area contributed by atoms with E-state index in [2.05, 4.69) is 315 Å². The SMILES string of the molecule is c1ccc(Sc2cc3c4c(c2)Oc2cc5c(cc2B4c2ccccc2O3)B2c3cc4c(cc3Oc3cc([Si](c6ccccc6)(c6ccccc6)c6ccccc6)cc(c32)O5)Oc2cc([Si](c3ccccc3)(c3ccccc3)c3ccccc3)cc3c2B4c2ccccc2O3)cc1. The minimum atomic E-state index is -3.17. The first-order valence-electron chi connectivity index (χ1n) is 32.8. The van der Waals surface area contributed by atoms with Crippen LogP contribution in [0, 0.1) is 0 Å². The van der Waals surface area contributed by atoms with Gasteiger partial charge in [-0.2, -0.15) is 0 Å². The minimum absolute atomic E-state index is 0.204. The normalized spacial score (nSPS) is 13.5. The highest BCUT2D eigenvalue weighted by Crippen LogP contribution is 2.44. The number of ether oxygens (including phenoxy) is 6. The molecule has 6 aliphatic heterocycles. The Balaban J connectivity index is 0.822. The molecule has 12 heteroatoms. The smallest absolute Gasteiger partial charge is 0.260 e. The van der Waals surface area contributed by atoms with Gasteiger partial charge in [0.15, 0.2) is 16.1 Å².